The first-order valence-electron chi connectivity index (χ1n) is 11.1. The fourth-order valence-electron chi connectivity index (χ4n) is 3.99. The van der Waals surface area contributed by atoms with Gasteiger partial charge < -0.3 is 10.6 Å². The van der Waals surface area contributed by atoms with Crippen LogP contribution in [0.15, 0.2) is 72.2 Å². The number of rotatable bonds is 8. The molecule has 162 valence electrons. The molecule has 2 N–H and O–H groups in total. The van der Waals surface area contributed by atoms with Crippen molar-refractivity contribution < 1.29 is 0 Å². The lowest BCUT2D eigenvalue weighted by Crippen LogP contribution is -2.42. The summed E-state index contributed by atoms with van der Waals surface area (Å²) in [5.41, 5.74) is 3.50. The minimum Gasteiger partial charge on any atom is -0.357 e. The number of hydrogen-bond donors (Lipinski definition) is 2. The maximum atomic E-state index is 4.81. The van der Waals surface area contributed by atoms with Gasteiger partial charge in [0.1, 0.15) is 12.7 Å². The summed E-state index contributed by atoms with van der Waals surface area (Å²) in [5, 5.41) is 11.1. The quantitative estimate of drug-likeness (QED) is 0.435. The van der Waals surface area contributed by atoms with Crippen LogP contribution in [0.3, 0.4) is 0 Å². The summed E-state index contributed by atoms with van der Waals surface area (Å²) in [6.07, 6.45) is 5.80. The third kappa shape index (κ3) is 5.70. The second-order valence-corrected chi connectivity index (χ2v) is 7.75. The Balaban J connectivity index is 1.41. The number of benzene rings is 2. The summed E-state index contributed by atoms with van der Waals surface area (Å²) >= 11 is 0. The molecule has 1 saturated heterocycles. The van der Waals surface area contributed by atoms with Gasteiger partial charge in [0.05, 0.1) is 18.3 Å². The molecule has 1 aromatic heterocycles. The van der Waals surface area contributed by atoms with Gasteiger partial charge in [-0.3, -0.25) is 4.90 Å². The highest BCUT2D eigenvalue weighted by molar-refractivity contribution is 5.79. The van der Waals surface area contributed by atoms with E-state index in [1.165, 1.54) is 24.7 Å². The predicted octanol–water partition coefficient (Wildman–Crippen LogP) is 3.16. The second-order valence-electron chi connectivity index (χ2n) is 7.75. The molecule has 1 aliphatic rings. The van der Waals surface area contributed by atoms with Crippen molar-refractivity contribution in [3.63, 3.8) is 0 Å². The molecular formula is C24H31N7. The summed E-state index contributed by atoms with van der Waals surface area (Å²) in [7, 11) is 0. The molecule has 3 aromatic rings. The van der Waals surface area contributed by atoms with E-state index >= 15 is 0 Å². The standard InChI is InChI=1S/C24H31N7/c1-2-26-24(27-16-20-10-12-22(13-11-20)31-19-25-18-29-31)28-17-23(30-14-6-7-15-30)21-8-4-3-5-9-21/h3-5,8-13,18-19,23H,2,6-7,14-17H2,1H3,(H2,26,27,28). The Kier molecular flexibility index (Phi) is 7.28. The Bertz CT molecular complexity index is 930. The smallest absolute Gasteiger partial charge is 0.191 e. The molecule has 0 spiro atoms. The van der Waals surface area contributed by atoms with E-state index in [9.17, 15) is 0 Å². The third-order valence-corrected chi connectivity index (χ3v) is 5.61. The Hall–Kier alpha value is -3.19. The van der Waals surface area contributed by atoms with Crippen LogP contribution in [-0.2, 0) is 6.54 Å². The molecule has 0 radical (unpaired) electrons. The van der Waals surface area contributed by atoms with Crippen LogP contribution in [-0.4, -0.2) is 51.8 Å². The van der Waals surface area contributed by atoms with Crippen molar-refractivity contribution in [1.29, 1.82) is 0 Å². The summed E-state index contributed by atoms with van der Waals surface area (Å²) in [5.74, 6) is 0.850. The number of hydrogen-bond acceptors (Lipinski definition) is 4. The number of likely N-dealkylation sites (tertiary alicyclic amines) is 1. The molecule has 1 atom stereocenters. The Labute approximate surface area is 184 Å². The summed E-state index contributed by atoms with van der Waals surface area (Å²) in [4.78, 5) is 11.4. The highest BCUT2D eigenvalue weighted by Crippen LogP contribution is 2.24. The number of nitrogens with zero attached hydrogens (tertiary/aromatic N) is 5. The topological polar surface area (TPSA) is 70.4 Å². The zero-order valence-electron chi connectivity index (χ0n) is 18.1. The summed E-state index contributed by atoms with van der Waals surface area (Å²) in [6, 6.07) is 19.4. The molecule has 1 unspecified atom stereocenters. The molecule has 2 aromatic carbocycles. The molecule has 4 rings (SSSR count). The molecule has 0 aliphatic carbocycles. The van der Waals surface area contributed by atoms with Gasteiger partial charge in [-0.2, -0.15) is 5.10 Å². The number of guanidine groups is 1. The maximum absolute atomic E-state index is 4.81. The Morgan fingerprint density at radius 2 is 1.81 bits per heavy atom. The van der Waals surface area contributed by atoms with Crippen LogP contribution in [0.4, 0.5) is 0 Å². The van der Waals surface area contributed by atoms with Crippen molar-refractivity contribution in [3.8, 4) is 5.69 Å². The van der Waals surface area contributed by atoms with Gasteiger partial charge in [-0.25, -0.2) is 14.7 Å². The molecule has 0 saturated carbocycles. The first-order valence-corrected chi connectivity index (χ1v) is 11.1. The van der Waals surface area contributed by atoms with E-state index in [0.29, 0.717) is 12.6 Å². The van der Waals surface area contributed by atoms with Gasteiger partial charge in [-0.1, -0.05) is 42.5 Å². The monoisotopic (exact) mass is 417 g/mol. The van der Waals surface area contributed by atoms with Crippen molar-refractivity contribution in [1.82, 2.24) is 30.3 Å². The highest BCUT2D eigenvalue weighted by Gasteiger charge is 2.23. The lowest BCUT2D eigenvalue weighted by Gasteiger charge is -2.29. The molecule has 0 amide bonds. The third-order valence-electron chi connectivity index (χ3n) is 5.61. The number of nitrogens with one attached hydrogen (secondary N) is 2. The van der Waals surface area contributed by atoms with Crippen molar-refractivity contribution in [2.45, 2.75) is 32.4 Å². The highest BCUT2D eigenvalue weighted by atomic mass is 15.3. The molecule has 7 nitrogen and oxygen atoms in total. The van der Waals surface area contributed by atoms with Gasteiger partial charge >= 0.3 is 0 Å². The van der Waals surface area contributed by atoms with Gasteiger partial charge in [0.15, 0.2) is 5.96 Å². The van der Waals surface area contributed by atoms with Crippen molar-refractivity contribution in [2.75, 3.05) is 26.2 Å². The van der Waals surface area contributed by atoms with E-state index in [1.807, 2.05) is 12.1 Å². The number of aromatic nitrogens is 3. The van der Waals surface area contributed by atoms with E-state index in [-0.39, 0.29) is 0 Å². The Morgan fingerprint density at radius 3 is 2.48 bits per heavy atom. The van der Waals surface area contributed by atoms with E-state index in [1.54, 1.807) is 11.0 Å². The van der Waals surface area contributed by atoms with E-state index in [0.717, 1.165) is 43.4 Å². The van der Waals surface area contributed by atoms with Gasteiger partial charge in [-0.05, 0) is 56.1 Å². The van der Waals surface area contributed by atoms with E-state index in [2.05, 4.69) is 75.0 Å². The average Bonchev–Trinajstić information content (AvgIpc) is 3.53. The lowest BCUT2D eigenvalue weighted by atomic mass is 10.1. The average molecular weight is 418 g/mol. The van der Waals surface area contributed by atoms with E-state index in [4.69, 9.17) is 4.99 Å². The van der Waals surface area contributed by atoms with Crippen molar-refractivity contribution >= 4 is 5.96 Å². The maximum Gasteiger partial charge on any atom is 0.191 e. The molecule has 0 bridgehead atoms. The number of aliphatic imine (C=N–C) groups is 1. The van der Waals surface area contributed by atoms with Crippen LogP contribution < -0.4 is 10.6 Å². The van der Waals surface area contributed by atoms with Crippen LogP contribution >= 0.6 is 0 Å². The molecule has 7 heteroatoms. The second kappa shape index (κ2) is 10.7. The largest absolute Gasteiger partial charge is 0.357 e. The molecule has 1 fully saturated rings. The van der Waals surface area contributed by atoms with Gasteiger partial charge in [0.25, 0.3) is 0 Å². The zero-order chi connectivity index (χ0) is 21.3. The van der Waals surface area contributed by atoms with Gasteiger partial charge in [0, 0.05) is 13.1 Å². The molecule has 31 heavy (non-hydrogen) atoms. The van der Waals surface area contributed by atoms with Crippen LogP contribution in [0.1, 0.15) is 36.9 Å². The van der Waals surface area contributed by atoms with Crippen LogP contribution in [0.25, 0.3) is 5.69 Å². The predicted molar refractivity (Wildman–Crippen MR) is 124 cm³/mol. The fraction of sp³-hybridized carbons (Fsp3) is 0.375. The van der Waals surface area contributed by atoms with Gasteiger partial charge in [-0.15, -0.1) is 0 Å². The SMILES string of the molecule is CCNC(=NCc1ccc(-n2cncn2)cc1)NCC(c1ccccc1)N1CCCC1. The van der Waals surface area contributed by atoms with Crippen LogP contribution in [0.2, 0.25) is 0 Å². The van der Waals surface area contributed by atoms with Crippen molar-refractivity contribution in [3.05, 3.63) is 78.4 Å². The molecule has 1 aliphatic heterocycles. The van der Waals surface area contributed by atoms with Gasteiger partial charge in [0.2, 0.25) is 0 Å². The summed E-state index contributed by atoms with van der Waals surface area (Å²) in [6.45, 7) is 6.70. The summed E-state index contributed by atoms with van der Waals surface area (Å²) < 4.78 is 1.75. The van der Waals surface area contributed by atoms with Crippen LogP contribution in [0.5, 0.6) is 0 Å². The minimum atomic E-state index is 0.356. The molecule has 2 heterocycles. The first kappa shape index (κ1) is 21.1. The molecular weight excluding hydrogens is 386 g/mol. The fourth-order valence-corrected chi connectivity index (χ4v) is 3.99. The van der Waals surface area contributed by atoms with E-state index < -0.39 is 0 Å². The Morgan fingerprint density at radius 1 is 1.03 bits per heavy atom. The first-order chi connectivity index (χ1) is 15.3. The minimum absolute atomic E-state index is 0.356. The van der Waals surface area contributed by atoms with Crippen molar-refractivity contribution in [2.24, 2.45) is 4.99 Å². The lowest BCUT2D eigenvalue weighted by molar-refractivity contribution is 0.245. The van der Waals surface area contributed by atoms with Crippen LogP contribution in [0, 0.1) is 0 Å². The normalized spacial score (nSPS) is 15.7. The zero-order valence-corrected chi connectivity index (χ0v) is 18.1.